The fourth-order valence-corrected chi connectivity index (χ4v) is 2.54. The van der Waals surface area contributed by atoms with Crippen LogP contribution in [0.5, 0.6) is 0 Å². The summed E-state index contributed by atoms with van der Waals surface area (Å²) in [5, 5.41) is 0. The molecule has 2 rings (SSSR count). The van der Waals surface area contributed by atoms with Crippen molar-refractivity contribution in [3.8, 4) is 0 Å². The van der Waals surface area contributed by atoms with Gasteiger partial charge in [-0.3, -0.25) is 9.69 Å². The van der Waals surface area contributed by atoms with E-state index >= 15 is 0 Å². The molecule has 4 nitrogen and oxygen atoms in total. The molecule has 0 aliphatic heterocycles. The smallest absolute Gasteiger partial charge is 0.320 e. The molecule has 25 heavy (non-hydrogen) atoms. The Balaban J connectivity index is 1.92. The number of carbonyl (C=O) groups excluding carboxylic acids is 1. The van der Waals surface area contributed by atoms with Crippen molar-refractivity contribution in [2.45, 2.75) is 32.5 Å². The summed E-state index contributed by atoms with van der Waals surface area (Å²) in [7, 11) is 1.66. The summed E-state index contributed by atoms with van der Waals surface area (Å²) in [6.45, 7) is 4.03. The number of methoxy groups -OCH3 is 1. The van der Waals surface area contributed by atoms with Gasteiger partial charge in [0, 0.05) is 26.6 Å². The molecule has 0 spiro atoms. The summed E-state index contributed by atoms with van der Waals surface area (Å²) in [5.41, 5.74) is 2.36. The molecule has 0 amide bonds. The van der Waals surface area contributed by atoms with E-state index in [0.717, 1.165) is 0 Å². The molecular formula is C21H27NO3. The van der Waals surface area contributed by atoms with Gasteiger partial charge in [-0.1, -0.05) is 60.7 Å². The number of esters is 1. The number of hydrogen-bond acceptors (Lipinski definition) is 4. The zero-order chi connectivity index (χ0) is 17.9. The number of benzene rings is 2. The highest BCUT2D eigenvalue weighted by molar-refractivity contribution is 5.71. The van der Waals surface area contributed by atoms with E-state index in [9.17, 15) is 4.79 Å². The van der Waals surface area contributed by atoms with Crippen LogP contribution in [0, 0.1) is 0 Å². The van der Waals surface area contributed by atoms with Crippen molar-refractivity contribution in [2.24, 2.45) is 0 Å². The van der Waals surface area contributed by atoms with Crippen LogP contribution in [0.1, 0.15) is 24.5 Å². The molecule has 1 atom stereocenters. The average molecular weight is 341 g/mol. The van der Waals surface area contributed by atoms with Crippen molar-refractivity contribution in [2.75, 3.05) is 20.3 Å². The van der Waals surface area contributed by atoms with Crippen molar-refractivity contribution in [3.05, 3.63) is 71.8 Å². The Morgan fingerprint density at radius 1 is 0.960 bits per heavy atom. The van der Waals surface area contributed by atoms with Gasteiger partial charge in [-0.05, 0) is 18.1 Å². The van der Waals surface area contributed by atoms with Crippen molar-refractivity contribution < 1.29 is 14.3 Å². The second kappa shape index (κ2) is 10.6. The highest BCUT2D eigenvalue weighted by Gasteiger charge is 2.13. The topological polar surface area (TPSA) is 38.8 Å². The second-order valence-electron chi connectivity index (χ2n) is 6.17. The maximum absolute atomic E-state index is 12.2. The van der Waals surface area contributed by atoms with Crippen LogP contribution in [0.4, 0.5) is 0 Å². The first-order valence-electron chi connectivity index (χ1n) is 8.66. The van der Waals surface area contributed by atoms with E-state index in [-0.39, 0.29) is 18.6 Å². The summed E-state index contributed by atoms with van der Waals surface area (Å²) in [6, 6.07) is 20.3. The van der Waals surface area contributed by atoms with Crippen LogP contribution >= 0.6 is 0 Å². The summed E-state index contributed by atoms with van der Waals surface area (Å²) < 4.78 is 10.5. The number of carbonyl (C=O) groups is 1. The zero-order valence-electron chi connectivity index (χ0n) is 15.1. The van der Waals surface area contributed by atoms with Crippen molar-refractivity contribution >= 4 is 5.97 Å². The molecule has 0 bridgehead atoms. The molecule has 0 N–H and O–H groups in total. The molecule has 0 unspecified atom stereocenters. The number of ether oxygens (including phenoxy) is 2. The Morgan fingerprint density at radius 2 is 1.48 bits per heavy atom. The van der Waals surface area contributed by atoms with Gasteiger partial charge < -0.3 is 9.47 Å². The molecule has 0 saturated heterocycles. The van der Waals surface area contributed by atoms with E-state index in [1.807, 2.05) is 43.3 Å². The molecule has 0 heterocycles. The standard InChI is InChI=1S/C21H27NO3/c1-18(24-2)13-14-25-21(23)17-22(15-19-9-5-3-6-10-19)16-20-11-7-4-8-12-20/h3-12,18H,13-17H2,1-2H3/t18-/m0/s1. The monoisotopic (exact) mass is 341 g/mol. The molecule has 2 aromatic carbocycles. The fraction of sp³-hybridized carbons (Fsp3) is 0.381. The third-order valence-electron chi connectivity index (χ3n) is 4.04. The SMILES string of the molecule is CO[C@@H](C)CCOC(=O)CN(Cc1ccccc1)Cc1ccccc1. The van der Waals surface area contributed by atoms with E-state index in [4.69, 9.17) is 9.47 Å². The van der Waals surface area contributed by atoms with E-state index in [2.05, 4.69) is 29.2 Å². The van der Waals surface area contributed by atoms with Gasteiger partial charge in [0.15, 0.2) is 0 Å². The second-order valence-corrected chi connectivity index (χ2v) is 6.17. The molecule has 0 fully saturated rings. The average Bonchev–Trinajstić information content (AvgIpc) is 2.63. The van der Waals surface area contributed by atoms with Crippen LogP contribution in [0.2, 0.25) is 0 Å². The van der Waals surface area contributed by atoms with Crippen LogP contribution in [0.25, 0.3) is 0 Å². The van der Waals surface area contributed by atoms with Crippen molar-refractivity contribution in [1.29, 1.82) is 0 Å². The van der Waals surface area contributed by atoms with Gasteiger partial charge in [0.1, 0.15) is 0 Å². The first-order chi connectivity index (χ1) is 12.2. The van der Waals surface area contributed by atoms with Crippen molar-refractivity contribution in [1.82, 2.24) is 4.90 Å². The first kappa shape index (κ1) is 19.2. The van der Waals surface area contributed by atoms with Gasteiger partial charge in [-0.15, -0.1) is 0 Å². The third-order valence-corrected chi connectivity index (χ3v) is 4.04. The van der Waals surface area contributed by atoms with Crippen LogP contribution in [0.3, 0.4) is 0 Å². The summed E-state index contributed by atoms with van der Waals surface area (Å²) >= 11 is 0. The van der Waals surface area contributed by atoms with Gasteiger partial charge >= 0.3 is 5.97 Å². The van der Waals surface area contributed by atoms with E-state index in [1.165, 1.54) is 11.1 Å². The van der Waals surface area contributed by atoms with E-state index < -0.39 is 0 Å². The highest BCUT2D eigenvalue weighted by Crippen LogP contribution is 2.10. The van der Waals surface area contributed by atoms with E-state index in [1.54, 1.807) is 7.11 Å². The Morgan fingerprint density at radius 3 is 1.96 bits per heavy atom. The molecule has 2 aromatic rings. The Bertz CT molecular complexity index is 574. The number of hydrogen-bond donors (Lipinski definition) is 0. The van der Waals surface area contributed by atoms with E-state index in [0.29, 0.717) is 26.1 Å². The van der Waals surface area contributed by atoms with Gasteiger partial charge in [0.2, 0.25) is 0 Å². The molecule has 0 radical (unpaired) electrons. The maximum Gasteiger partial charge on any atom is 0.320 e. The zero-order valence-corrected chi connectivity index (χ0v) is 15.1. The predicted molar refractivity (Wildman–Crippen MR) is 99.0 cm³/mol. The van der Waals surface area contributed by atoms with Crippen molar-refractivity contribution in [3.63, 3.8) is 0 Å². The Labute approximate surface area is 150 Å². The van der Waals surface area contributed by atoms with Crippen LogP contribution < -0.4 is 0 Å². The van der Waals surface area contributed by atoms with Crippen LogP contribution in [-0.4, -0.2) is 37.2 Å². The van der Waals surface area contributed by atoms with Crippen LogP contribution in [-0.2, 0) is 27.4 Å². The first-order valence-corrected chi connectivity index (χ1v) is 8.66. The lowest BCUT2D eigenvalue weighted by Gasteiger charge is -2.22. The minimum Gasteiger partial charge on any atom is -0.465 e. The predicted octanol–water partition coefficient (Wildman–Crippen LogP) is 3.66. The Hall–Kier alpha value is -2.17. The fourth-order valence-electron chi connectivity index (χ4n) is 2.54. The van der Waals surface area contributed by atoms with Gasteiger partial charge in [-0.25, -0.2) is 0 Å². The molecular weight excluding hydrogens is 314 g/mol. The molecule has 0 aliphatic carbocycles. The van der Waals surface area contributed by atoms with Gasteiger partial charge in [0.25, 0.3) is 0 Å². The minimum atomic E-state index is -0.199. The molecule has 0 aliphatic rings. The lowest BCUT2D eigenvalue weighted by atomic mass is 10.1. The molecule has 0 saturated carbocycles. The number of nitrogens with zero attached hydrogens (tertiary/aromatic N) is 1. The normalized spacial score (nSPS) is 12.1. The van der Waals surface area contributed by atoms with Gasteiger partial charge in [0.05, 0.1) is 19.3 Å². The van der Waals surface area contributed by atoms with Gasteiger partial charge in [-0.2, -0.15) is 0 Å². The van der Waals surface area contributed by atoms with Crippen LogP contribution in [0.15, 0.2) is 60.7 Å². The quantitative estimate of drug-likeness (QED) is 0.618. The largest absolute Gasteiger partial charge is 0.465 e. The lowest BCUT2D eigenvalue weighted by Crippen LogP contribution is -2.30. The number of rotatable bonds is 10. The summed E-state index contributed by atoms with van der Waals surface area (Å²) in [4.78, 5) is 14.3. The minimum absolute atomic E-state index is 0.0949. The molecule has 4 heteroatoms. The Kier molecular flexibility index (Phi) is 8.16. The summed E-state index contributed by atoms with van der Waals surface area (Å²) in [6.07, 6.45) is 0.803. The lowest BCUT2D eigenvalue weighted by molar-refractivity contribution is -0.146. The molecule has 0 aromatic heterocycles. The molecule has 134 valence electrons. The maximum atomic E-state index is 12.2. The summed E-state index contributed by atoms with van der Waals surface area (Å²) in [5.74, 6) is -0.199. The third kappa shape index (κ3) is 7.50. The highest BCUT2D eigenvalue weighted by atomic mass is 16.5.